The molecule has 1 aromatic carbocycles. The van der Waals surface area contributed by atoms with Crippen molar-refractivity contribution in [1.29, 1.82) is 0 Å². The van der Waals surface area contributed by atoms with Crippen LogP contribution in [-0.2, 0) is 20.7 Å². The van der Waals surface area contributed by atoms with Crippen LogP contribution in [0.2, 0.25) is 0 Å². The van der Waals surface area contributed by atoms with Crippen molar-refractivity contribution in [2.45, 2.75) is 65.0 Å². The Morgan fingerprint density at radius 2 is 1.83 bits per heavy atom. The highest BCUT2D eigenvalue weighted by atomic mass is 16.6. The molecule has 0 N–H and O–H groups in total. The summed E-state index contributed by atoms with van der Waals surface area (Å²) in [5, 5.41) is 0. The van der Waals surface area contributed by atoms with Gasteiger partial charge < -0.3 is 9.47 Å². The van der Waals surface area contributed by atoms with E-state index in [4.69, 9.17) is 9.47 Å². The third-order valence-electron chi connectivity index (χ3n) is 4.39. The summed E-state index contributed by atoms with van der Waals surface area (Å²) in [7, 11) is 0. The fourth-order valence-corrected chi connectivity index (χ4v) is 2.91. The number of hydrogen-bond acceptors (Lipinski definition) is 3. The third kappa shape index (κ3) is 5.60. The average molecular weight is 333 g/mol. The number of ether oxygens (including phenoxy) is 2. The zero-order chi connectivity index (χ0) is 17.2. The van der Waals surface area contributed by atoms with E-state index in [9.17, 15) is 4.79 Å². The lowest BCUT2D eigenvalue weighted by molar-refractivity contribution is -0.117. The van der Waals surface area contributed by atoms with Gasteiger partial charge in [-0.15, -0.1) is 0 Å². The van der Waals surface area contributed by atoms with Crippen LogP contribution in [0.4, 0.5) is 5.69 Å². The number of unbranched alkanes of at least 4 members (excludes halogenated alkanes) is 4. The fraction of sp³-hybridized carbons (Fsp3) is 0.650. The number of anilines is 1. The standard InChI is InChI=1S/C20H31NO3/c1-3-5-7-8-9-17-10-12-18(13-11-17)21-19(22)15-24-20(21)16-23-14-6-4-2/h10-13,20H,3-9,14-16H2,1-2H3. The SMILES string of the molecule is CCCCCCc1ccc(N2C(=O)COC2COCCCC)cc1. The number of nitrogens with zero attached hydrogens (tertiary/aromatic N) is 1. The van der Waals surface area contributed by atoms with E-state index in [1.54, 1.807) is 4.90 Å². The molecule has 0 bridgehead atoms. The van der Waals surface area contributed by atoms with E-state index in [0.717, 1.165) is 31.6 Å². The minimum atomic E-state index is -0.301. The molecule has 1 aliphatic rings. The molecule has 0 radical (unpaired) electrons. The lowest BCUT2D eigenvalue weighted by Gasteiger charge is -2.23. The summed E-state index contributed by atoms with van der Waals surface area (Å²) >= 11 is 0. The first-order valence-corrected chi connectivity index (χ1v) is 9.36. The van der Waals surface area contributed by atoms with Crippen LogP contribution < -0.4 is 4.90 Å². The Balaban J connectivity index is 1.88. The number of benzene rings is 1. The lowest BCUT2D eigenvalue weighted by Crippen LogP contribution is -2.37. The zero-order valence-corrected chi connectivity index (χ0v) is 15.1. The quantitative estimate of drug-likeness (QED) is 0.566. The summed E-state index contributed by atoms with van der Waals surface area (Å²) in [4.78, 5) is 13.9. The van der Waals surface area contributed by atoms with Gasteiger partial charge >= 0.3 is 0 Å². The Morgan fingerprint density at radius 1 is 1.08 bits per heavy atom. The highest BCUT2D eigenvalue weighted by Crippen LogP contribution is 2.24. The molecular weight excluding hydrogens is 302 g/mol. The Morgan fingerprint density at radius 3 is 2.54 bits per heavy atom. The molecular formula is C20H31NO3. The van der Waals surface area contributed by atoms with E-state index < -0.39 is 0 Å². The first-order valence-electron chi connectivity index (χ1n) is 9.36. The van der Waals surface area contributed by atoms with Crippen molar-refractivity contribution in [3.63, 3.8) is 0 Å². The van der Waals surface area contributed by atoms with Crippen molar-refractivity contribution in [2.75, 3.05) is 24.7 Å². The van der Waals surface area contributed by atoms with Gasteiger partial charge in [0.2, 0.25) is 0 Å². The van der Waals surface area contributed by atoms with Crippen LogP contribution in [0.15, 0.2) is 24.3 Å². The summed E-state index contributed by atoms with van der Waals surface area (Å²) in [5.41, 5.74) is 2.23. The molecule has 4 nitrogen and oxygen atoms in total. The Kier molecular flexibility index (Phi) is 8.26. The van der Waals surface area contributed by atoms with Crippen LogP contribution in [-0.4, -0.2) is 32.0 Å². The fourth-order valence-electron chi connectivity index (χ4n) is 2.91. The van der Waals surface area contributed by atoms with E-state index in [2.05, 4.69) is 26.0 Å². The molecule has 2 rings (SSSR count). The highest BCUT2D eigenvalue weighted by Gasteiger charge is 2.33. The summed E-state index contributed by atoms with van der Waals surface area (Å²) in [5.74, 6) is 0.00906. The van der Waals surface area contributed by atoms with Gasteiger partial charge in [0.05, 0.1) is 6.61 Å². The summed E-state index contributed by atoms with van der Waals surface area (Å²) in [6.07, 6.45) is 8.02. The second kappa shape index (κ2) is 10.5. The van der Waals surface area contributed by atoms with Crippen LogP contribution in [0, 0.1) is 0 Å². The molecule has 0 aromatic heterocycles. The highest BCUT2D eigenvalue weighted by molar-refractivity contribution is 5.96. The van der Waals surface area contributed by atoms with E-state index >= 15 is 0 Å². The molecule has 0 aliphatic carbocycles. The Bertz CT molecular complexity index is 486. The van der Waals surface area contributed by atoms with Crippen LogP contribution in [0.3, 0.4) is 0 Å². The first kappa shape index (κ1) is 18.9. The number of amides is 1. The summed E-state index contributed by atoms with van der Waals surface area (Å²) in [6.45, 7) is 5.65. The van der Waals surface area contributed by atoms with Crippen LogP contribution in [0.1, 0.15) is 57.9 Å². The van der Waals surface area contributed by atoms with E-state index in [-0.39, 0.29) is 18.7 Å². The summed E-state index contributed by atoms with van der Waals surface area (Å²) < 4.78 is 11.2. The maximum Gasteiger partial charge on any atom is 0.255 e. The second-order valence-corrected chi connectivity index (χ2v) is 6.43. The Labute approximate surface area is 146 Å². The molecule has 1 heterocycles. The zero-order valence-electron chi connectivity index (χ0n) is 15.1. The normalized spacial score (nSPS) is 17.7. The number of aryl methyl sites for hydroxylation is 1. The van der Waals surface area contributed by atoms with Gasteiger partial charge in [0.1, 0.15) is 6.61 Å². The number of hydrogen-bond donors (Lipinski definition) is 0. The first-order chi connectivity index (χ1) is 11.8. The van der Waals surface area contributed by atoms with Crippen molar-refractivity contribution in [3.8, 4) is 0 Å². The lowest BCUT2D eigenvalue weighted by atomic mass is 10.1. The number of rotatable bonds is 11. The van der Waals surface area contributed by atoms with Gasteiger partial charge in [-0.25, -0.2) is 0 Å². The molecule has 1 saturated heterocycles. The van der Waals surface area contributed by atoms with Gasteiger partial charge in [-0.05, 0) is 37.0 Å². The maximum atomic E-state index is 12.1. The van der Waals surface area contributed by atoms with E-state index in [1.807, 2.05) is 12.1 Å². The molecule has 1 aliphatic heterocycles. The van der Waals surface area contributed by atoms with Gasteiger partial charge in [-0.1, -0.05) is 51.7 Å². The largest absolute Gasteiger partial charge is 0.377 e. The topological polar surface area (TPSA) is 38.8 Å². The number of carbonyl (C=O) groups is 1. The van der Waals surface area contributed by atoms with Gasteiger partial charge in [-0.2, -0.15) is 0 Å². The predicted molar refractivity (Wildman–Crippen MR) is 97.2 cm³/mol. The molecule has 1 atom stereocenters. The van der Waals surface area contributed by atoms with Crippen molar-refractivity contribution in [3.05, 3.63) is 29.8 Å². The van der Waals surface area contributed by atoms with Crippen molar-refractivity contribution >= 4 is 11.6 Å². The molecule has 1 fully saturated rings. The van der Waals surface area contributed by atoms with E-state index in [0.29, 0.717) is 6.61 Å². The molecule has 134 valence electrons. The van der Waals surface area contributed by atoms with Crippen LogP contribution >= 0.6 is 0 Å². The number of carbonyl (C=O) groups excluding carboxylic acids is 1. The molecule has 0 saturated carbocycles. The molecule has 1 unspecified atom stereocenters. The third-order valence-corrected chi connectivity index (χ3v) is 4.39. The van der Waals surface area contributed by atoms with Crippen LogP contribution in [0.5, 0.6) is 0 Å². The average Bonchev–Trinajstić information content (AvgIpc) is 2.97. The molecule has 24 heavy (non-hydrogen) atoms. The molecule has 1 amide bonds. The summed E-state index contributed by atoms with van der Waals surface area (Å²) in [6, 6.07) is 8.31. The van der Waals surface area contributed by atoms with Gasteiger partial charge in [0, 0.05) is 12.3 Å². The van der Waals surface area contributed by atoms with Crippen molar-refractivity contribution in [2.24, 2.45) is 0 Å². The van der Waals surface area contributed by atoms with Gasteiger partial charge in [-0.3, -0.25) is 9.69 Å². The smallest absolute Gasteiger partial charge is 0.255 e. The molecule has 0 spiro atoms. The van der Waals surface area contributed by atoms with Crippen molar-refractivity contribution < 1.29 is 14.3 Å². The predicted octanol–water partition coefficient (Wildman–Crippen LogP) is 4.32. The maximum absolute atomic E-state index is 12.1. The minimum absolute atomic E-state index is 0.00906. The van der Waals surface area contributed by atoms with Gasteiger partial charge in [0.15, 0.2) is 6.23 Å². The van der Waals surface area contributed by atoms with E-state index in [1.165, 1.54) is 31.2 Å². The molecule has 4 heteroatoms. The Hall–Kier alpha value is -1.39. The molecule has 1 aromatic rings. The minimum Gasteiger partial charge on any atom is -0.377 e. The second-order valence-electron chi connectivity index (χ2n) is 6.43. The van der Waals surface area contributed by atoms with Gasteiger partial charge in [0.25, 0.3) is 5.91 Å². The van der Waals surface area contributed by atoms with Crippen molar-refractivity contribution in [1.82, 2.24) is 0 Å². The monoisotopic (exact) mass is 333 g/mol. The van der Waals surface area contributed by atoms with Crippen LogP contribution in [0.25, 0.3) is 0 Å².